The number of Topliss-reactive ketones (excluding diaryl/α,β-unsaturated/α-hetero) is 1. The molecule has 0 aliphatic heterocycles. The Hall–Kier alpha value is -1.75. The molecule has 104 valence electrons. The van der Waals surface area contributed by atoms with Gasteiger partial charge in [-0.3, -0.25) is 4.79 Å². The fourth-order valence-corrected chi connectivity index (χ4v) is 2.06. The maximum atomic E-state index is 13.1. The molecule has 2 aromatic rings. The first-order chi connectivity index (χ1) is 9.47. The fourth-order valence-electron chi connectivity index (χ4n) is 1.68. The van der Waals surface area contributed by atoms with Gasteiger partial charge in [0.05, 0.1) is 0 Å². The number of rotatable bonds is 4. The first-order valence-electron chi connectivity index (χ1n) is 5.89. The van der Waals surface area contributed by atoms with Crippen LogP contribution in [0, 0.1) is 11.6 Å². The molecule has 2 nitrogen and oxygen atoms in total. The van der Waals surface area contributed by atoms with Crippen LogP contribution in [0.25, 0.3) is 0 Å². The van der Waals surface area contributed by atoms with E-state index >= 15 is 0 Å². The molecule has 1 atom stereocenters. The van der Waals surface area contributed by atoms with Crippen LogP contribution in [0.3, 0.4) is 0 Å². The van der Waals surface area contributed by atoms with E-state index in [4.69, 9.17) is 4.74 Å². The minimum absolute atomic E-state index is 0.0754. The minimum Gasteiger partial charge on any atom is -0.483 e. The Labute approximate surface area is 123 Å². The zero-order chi connectivity index (χ0) is 14.7. The maximum absolute atomic E-state index is 13.1. The highest BCUT2D eigenvalue weighted by Gasteiger charge is 2.18. The Kier molecular flexibility index (Phi) is 4.49. The second kappa shape index (κ2) is 6.13. The van der Waals surface area contributed by atoms with Gasteiger partial charge in [-0.1, -0.05) is 22.0 Å². The lowest BCUT2D eigenvalue weighted by Crippen LogP contribution is -2.24. The van der Waals surface area contributed by atoms with Crippen LogP contribution in [0.2, 0.25) is 0 Å². The lowest BCUT2D eigenvalue weighted by atomic mass is 10.1. The van der Waals surface area contributed by atoms with Crippen molar-refractivity contribution < 1.29 is 18.3 Å². The predicted octanol–water partition coefficient (Wildman–Crippen LogP) is 4.38. The zero-order valence-corrected chi connectivity index (χ0v) is 12.2. The minimum atomic E-state index is -1.05. The van der Waals surface area contributed by atoms with E-state index in [0.29, 0.717) is 5.75 Å². The summed E-state index contributed by atoms with van der Waals surface area (Å²) in [7, 11) is 0. The molecule has 0 aromatic heterocycles. The molecule has 2 aromatic carbocycles. The van der Waals surface area contributed by atoms with Crippen LogP contribution in [0.15, 0.2) is 46.9 Å². The van der Waals surface area contributed by atoms with E-state index in [2.05, 4.69) is 15.9 Å². The summed E-state index contributed by atoms with van der Waals surface area (Å²) in [5.41, 5.74) is 0.0754. The van der Waals surface area contributed by atoms with Crippen molar-refractivity contribution in [3.63, 3.8) is 0 Å². The molecule has 0 amide bonds. The van der Waals surface area contributed by atoms with Gasteiger partial charge in [0, 0.05) is 10.0 Å². The number of benzene rings is 2. The van der Waals surface area contributed by atoms with Crippen molar-refractivity contribution in [1.82, 2.24) is 0 Å². The number of ketones is 1. The largest absolute Gasteiger partial charge is 0.483 e. The molecule has 0 aliphatic rings. The van der Waals surface area contributed by atoms with E-state index < -0.39 is 23.5 Å². The molecule has 0 heterocycles. The van der Waals surface area contributed by atoms with E-state index in [1.54, 1.807) is 25.1 Å². The standard InChI is InChI=1S/C15H11BrF2O2/c1-9(20-12-4-2-3-11(16)8-12)15(19)10-5-6-13(17)14(18)7-10/h2-9H,1H3. The molecule has 5 heteroatoms. The van der Waals surface area contributed by atoms with Crippen LogP contribution < -0.4 is 4.74 Å². The van der Waals surface area contributed by atoms with Gasteiger partial charge in [0.25, 0.3) is 0 Å². The van der Waals surface area contributed by atoms with Gasteiger partial charge < -0.3 is 4.74 Å². The van der Waals surface area contributed by atoms with Crippen LogP contribution in [0.4, 0.5) is 8.78 Å². The predicted molar refractivity (Wildman–Crippen MR) is 74.9 cm³/mol. The summed E-state index contributed by atoms with van der Waals surface area (Å²) in [6.07, 6.45) is -0.797. The van der Waals surface area contributed by atoms with E-state index in [-0.39, 0.29) is 5.56 Å². The highest BCUT2D eigenvalue weighted by molar-refractivity contribution is 9.10. The van der Waals surface area contributed by atoms with Gasteiger partial charge in [0.15, 0.2) is 17.7 Å². The molecule has 0 saturated heterocycles. The van der Waals surface area contributed by atoms with Gasteiger partial charge in [-0.05, 0) is 43.3 Å². The molecular weight excluding hydrogens is 330 g/mol. The first kappa shape index (κ1) is 14.7. The number of halogens is 3. The molecule has 0 bridgehead atoms. The molecule has 0 N–H and O–H groups in total. The Bertz CT molecular complexity index is 644. The van der Waals surface area contributed by atoms with Crippen molar-refractivity contribution >= 4 is 21.7 Å². The van der Waals surface area contributed by atoms with Gasteiger partial charge in [-0.25, -0.2) is 8.78 Å². The zero-order valence-electron chi connectivity index (χ0n) is 10.6. The third-order valence-electron chi connectivity index (χ3n) is 2.68. The molecule has 0 radical (unpaired) electrons. The van der Waals surface area contributed by atoms with Crippen LogP contribution in [-0.2, 0) is 0 Å². The maximum Gasteiger partial charge on any atom is 0.203 e. The fraction of sp³-hybridized carbons (Fsp3) is 0.133. The van der Waals surface area contributed by atoms with Crippen LogP contribution >= 0.6 is 15.9 Å². The first-order valence-corrected chi connectivity index (χ1v) is 6.68. The van der Waals surface area contributed by atoms with Gasteiger partial charge in [-0.15, -0.1) is 0 Å². The Morgan fingerprint density at radius 2 is 1.90 bits per heavy atom. The normalized spacial score (nSPS) is 12.0. The summed E-state index contributed by atoms with van der Waals surface area (Å²) in [5.74, 6) is -1.93. The van der Waals surface area contributed by atoms with Crippen LogP contribution in [0.5, 0.6) is 5.75 Å². The van der Waals surface area contributed by atoms with Crippen molar-refractivity contribution in [2.75, 3.05) is 0 Å². The van der Waals surface area contributed by atoms with E-state index in [9.17, 15) is 13.6 Å². The lowest BCUT2D eigenvalue weighted by Gasteiger charge is -2.14. The molecular formula is C15H11BrF2O2. The third-order valence-corrected chi connectivity index (χ3v) is 3.18. The molecule has 0 fully saturated rings. The summed E-state index contributed by atoms with van der Waals surface area (Å²) in [6.45, 7) is 1.56. The Morgan fingerprint density at radius 1 is 1.15 bits per heavy atom. The highest BCUT2D eigenvalue weighted by Crippen LogP contribution is 2.20. The topological polar surface area (TPSA) is 26.3 Å². The molecule has 0 aliphatic carbocycles. The van der Waals surface area contributed by atoms with E-state index in [1.165, 1.54) is 6.07 Å². The number of hydrogen-bond acceptors (Lipinski definition) is 2. The molecule has 1 unspecified atom stereocenters. The number of carbonyl (C=O) groups is 1. The van der Waals surface area contributed by atoms with Crippen molar-refractivity contribution in [2.24, 2.45) is 0 Å². The van der Waals surface area contributed by atoms with Gasteiger partial charge in [-0.2, -0.15) is 0 Å². The SMILES string of the molecule is CC(Oc1cccc(Br)c1)C(=O)c1ccc(F)c(F)c1. The number of hydrogen-bond donors (Lipinski definition) is 0. The molecule has 2 rings (SSSR count). The van der Waals surface area contributed by atoms with Crippen LogP contribution in [-0.4, -0.2) is 11.9 Å². The average Bonchev–Trinajstić information content (AvgIpc) is 2.41. The van der Waals surface area contributed by atoms with Gasteiger partial charge in [0.1, 0.15) is 5.75 Å². The average molecular weight is 341 g/mol. The van der Waals surface area contributed by atoms with Gasteiger partial charge >= 0.3 is 0 Å². The highest BCUT2D eigenvalue weighted by atomic mass is 79.9. The van der Waals surface area contributed by atoms with E-state index in [0.717, 1.165) is 16.6 Å². The summed E-state index contributed by atoms with van der Waals surface area (Å²) in [5, 5.41) is 0. The van der Waals surface area contributed by atoms with Crippen molar-refractivity contribution in [3.05, 3.63) is 64.1 Å². The molecule has 0 saturated carbocycles. The Balaban J connectivity index is 2.14. The van der Waals surface area contributed by atoms with E-state index in [1.807, 2.05) is 6.07 Å². The van der Waals surface area contributed by atoms with Crippen molar-refractivity contribution in [2.45, 2.75) is 13.0 Å². The van der Waals surface area contributed by atoms with Crippen molar-refractivity contribution in [3.8, 4) is 5.75 Å². The molecule has 20 heavy (non-hydrogen) atoms. The smallest absolute Gasteiger partial charge is 0.203 e. The molecule has 0 spiro atoms. The van der Waals surface area contributed by atoms with Gasteiger partial charge in [0.2, 0.25) is 5.78 Å². The monoisotopic (exact) mass is 340 g/mol. The second-order valence-corrected chi connectivity index (χ2v) is 5.13. The summed E-state index contributed by atoms with van der Waals surface area (Å²) >= 11 is 3.30. The number of ether oxygens (including phenoxy) is 1. The lowest BCUT2D eigenvalue weighted by molar-refractivity contribution is 0.0817. The quantitative estimate of drug-likeness (QED) is 0.772. The van der Waals surface area contributed by atoms with Crippen molar-refractivity contribution in [1.29, 1.82) is 0 Å². The third kappa shape index (κ3) is 3.42. The summed E-state index contributed by atoms with van der Waals surface area (Å²) in [4.78, 5) is 12.1. The second-order valence-electron chi connectivity index (χ2n) is 4.21. The van der Waals surface area contributed by atoms with Crippen LogP contribution in [0.1, 0.15) is 17.3 Å². The summed E-state index contributed by atoms with van der Waals surface area (Å²) in [6, 6.07) is 10.1. The Morgan fingerprint density at radius 3 is 2.55 bits per heavy atom. The summed E-state index contributed by atoms with van der Waals surface area (Å²) < 4.78 is 32.2. The number of carbonyl (C=O) groups excluding carboxylic acids is 1.